The van der Waals surface area contributed by atoms with Crippen LogP contribution in [0.3, 0.4) is 0 Å². The van der Waals surface area contributed by atoms with E-state index in [1.165, 1.54) is 0 Å². The minimum absolute atomic E-state index is 0.104. The fourth-order valence-electron chi connectivity index (χ4n) is 2.55. The van der Waals surface area contributed by atoms with Crippen LogP contribution in [0.15, 0.2) is 29.1 Å². The molecular weight excluding hydrogens is 306 g/mol. The highest BCUT2D eigenvalue weighted by Crippen LogP contribution is 2.19. The molecule has 3 rings (SSSR count). The van der Waals surface area contributed by atoms with E-state index in [-0.39, 0.29) is 11.5 Å². The first-order valence-corrected chi connectivity index (χ1v) is 7.42. The molecule has 1 atom stereocenters. The van der Waals surface area contributed by atoms with Gasteiger partial charge in [-0.1, -0.05) is 11.6 Å². The van der Waals surface area contributed by atoms with E-state index < -0.39 is 6.10 Å². The molecule has 1 amide bonds. The smallest absolute Gasteiger partial charge is 0.267 e. The molecule has 2 N–H and O–H groups in total. The Hall–Kier alpha value is -2.21. The molecule has 116 valence electrons. The highest BCUT2D eigenvalue weighted by atomic mass is 35.5. The maximum atomic E-state index is 12.5. The third-order valence-electron chi connectivity index (χ3n) is 3.73. The van der Waals surface area contributed by atoms with Gasteiger partial charge in [-0.25, -0.2) is 0 Å². The molecule has 0 saturated carbocycles. The summed E-state index contributed by atoms with van der Waals surface area (Å²) in [4.78, 5) is 25.7. The van der Waals surface area contributed by atoms with Crippen LogP contribution < -0.4 is 10.3 Å². The predicted octanol–water partition coefficient (Wildman–Crippen LogP) is 1.71. The second-order valence-electron chi connectivity index (χ2n) is 5.26. The van der Waals surface area contributed by atoms with Crippen LogP contribution in [0.2, 0.25) is 5.02 Å². The Balaban J connectivity index is 1.66. The Bertz CT molecular complexity index is 735. The number of hydrogen-bond donors (Lipinski definition) is 2. The molecule has 1 aliphatic heterocycles. The number of rotatable bonds is 3. The quantitative estimate of drug-likeness (QED) is 0.903. The van der Waals surface area contributed by atoms with E-state index in [4.69, 9.17) is 16.3 Å². The highest BCUT2D eigenvalue weighted by Gasteiger charge is 2.27. The number of aromatic nitrogens is 2. The third-order valence-corrected chi connectivity index (χ3v) is 3.98. The largest absolute Gasteiger partial charge is 0.481 e. The number of nitrogens with one attached hydrogen (secondary N) is 2. The molecule has 7 heteroatoms. The van der Waals surface area contributed by atoms with Gasteiger partial charge in [-0.15, -0.1) is 0 Å². The van der Waals surface area contributed by atoms with E-state index in [0.29, 0.717) is 30.3 Å². The lowest BCUT2D eigenvalue weighted by Crippen LogP contribution is -2.43. The maximum absolute atomic E-state index is 12.5. The second kappa shape index (κ2) is 5.88. The molecule has 2 heterocycles. The minimum Gasteiger partial charge on any atom is -0.481 e. The molecule has 1 aromatic carbocycles. The van der Waals surface area contributed by atoms with Crippen LogP contribution in [-0.4, -0.2) is 33.7 Å². The zero-order chi connectivity index (χ0) is 15.7. The van der Waals surface area contributed by atoms with Crippen molar-refractivity contribution in [1.29, 1.82) is 0 Å². The summed E-state index contributed by atoms with van der Waals surface area (Å²) in [5.74, 6) is 0.487. The van der Waals surface area contributed by atoms with Crippen LogP contribution in [0.1, 0.15) is 18.2 Å². The number of ether oxygens (including phenoxy) is 1. The average molecular weight is 322 g/mol. The molecule has 22 heavy (non-hydrogen) atoms. The van der Waals surface area contributed by atoms with Crippen molar-refractivity contribution in [3.05, 3.63) is 50.9 Å². The topological polar surface area (TPSA) is 78.2 Å². The van der Waals surface area contributed by atoms with Gasteiger partial charge in [0, 0.05) is 17.1 Å². The monoisotopic (exact) mass is 321 g/mol. The molecule has 0 radical (unpaired) electrons. The molecular formula is C15H16ClN3O3. The van der Waals surface area contributed by atoms with Gasteiger partial charge in [-0.3, -0.25) is 14.7 Å². The SMILES string of the molecule is CC(Oc1ccc(Cl)cc1)C(=O)N1CCc2c([nH][nH]c2=O)C1. The summed E-state index contributed by atoms with van der Waals surface area (Å²) in [6, 6.07) is 6.88. The molecule has 1 aliphatic rings. The summed E-state index contributed by atoms with van der Waals surface area (Å²) >= 11 is 5.82. The number of benzene rings is 1. The summed E-state index contributed by atoms with van der Waals surface area (Å²) < 4.78 is 5.65. The van der Waals surface area contributed by atoms with E-state index >= 15 is 0 Å². The van der Waals surface area contributed by atoms with Crippen molar-refractivity contribution in [3.8, 4) is 5.75 Å². The maximum Gasteiger partial charge on any atom is 0.267 e. The summed E-state index contributed by atoms with van der Waals surface area (Å²) in [6.45, 7) is 2.62. The minimum atomic E-state index is -0.603. The number of carbonyl (C=O) groups excluding carboxylic acids is 1. The molecule has 1 aromatic heterocycles. The molecule has 0 spiro atoms. The van der Waals surface area contributed by atoms with Crippen molar-refractivity contribution in [2.75, 3.05) is 6.54 Å². The normalized spacial score (nSPS) is 15.3. The van der Waals surface area contributed by atoms with Gasteiger partial charge in [0.2, 0.25) is 0 Å². The van der Waals surface area contributed by atoms with Crippen LogP contribution in [0, 0.1) is 0 Å². The number of aromatic amines is 2. The zero-order valence-electron chi connectivity index (χ0n) is 12.1. The zero-order valence-corrected chi connectivity index (χ0v) is 12.8. The molecule has 0 saturated heterocycles. The Morgan fingerprint density at radius 1 is 1.32 bits per heavy atom. The first kappa shape index (κ1) is 14.7. The van der Waals surface area contributed by atoms with Gasteiger partial charge in [0.25, 0.3) is 11.5 Å². The van der Waals surface area contributed by atoms with E-state index in [1.54, 1.807) is 36.1 Å². The Morgan fingerprint density at radius 2 is 2.05 bits per heavy atom. The molecule has 1 unspecified atom stereocenters. The first-order chi connectivity index (χ1) is 10.5. The van der Waals surface area contributed by atoms with Gasteiger partial charge in [-0.2, -0.15) is 0 Å². The highest BCUT2D eigenvalue weighted by molar-refractivity contribution is 6.30. The summed E-state index contributed by atoms with van der Waals surface area (Å²) in [7, 11) is 0. The van der Waals surface area contributed by atoms with Gasteiger partial charge >= 0.3 is 0 Å². The predicted molar refractivity (Wildman–Crippen MR) is 82.1 cm³/mol. The molecule has 6 nitrogen and oxygen atoms in total. The van der Waals surface area contributed by atoms with Gasteiger partial charge in [-0.05, 0) is 37.6 Å². The number of carbonyl (C=O) groups is 1. The molecule has 0 aliphatic carbocycles. The number of amides is 1. The van der Waals surface area contributed by atoms with Crippen LogP contribution >= 0.6 is 11.6 Å². The lowest BCUT2D eigenvalue weighted by atomic mass is 10.1. The van der Waals surface area contributed by atoms with Crippen molar-refractivity contribution in [1.82, 2.24) is 15.1 Å². The van der Waals surface area contributed by atoms with Crippen LogP contribution in [-0.2, 0) is 17.8 Å². The van der Waals surface area contributed by atoms with Crippen LogP contribution in [0.4, 0.5) is 0 Å². The Morgan fingerprint density at radius 3 is 2.77 bits per heavy atom. The molecule has 2 aromatic rings. The van der Waals surface area contributed by atoms with E-state index in [0.717, 1.165) is 11.3 Å². The van der Waals surface area contributed by atoms with E-state index in [1.807, 2.05) is 0 Å². The van der Waals surface area contributed by atoms with Crippen molar-refractivity contribution in [2.24, 2.45) is 0 Å². The molecule has 0 fully saturated rings. The number of hydrogen-bond acceptors (Lipinski definition) is 3. The lowest BCUT2D eigenvalue weighted by Gasteiger charge is -2.28. The van der Waals surface area contributed by atoms with Gasteiger partial charge in [0.05, 0.1) is 12.2 Å². The number of fused-ring (bicyclic) bond motifs is 1. The van der Waals surface area contributed by atoms with Crippen LogP contribution in [0.5, 0.6) is 5.75 Å². The fourth-order valence-corrected chi connectivity index (χ4v) is 2.68. The summed E-state index contributed by atoms with van der Waals surface area (Å²) in [5.41, 5.74) is 1.39. The van der Waals surface area contributed by atoms with Gasteiger partial charge in [0.1, 0.15) is 5.75 Å². The van der Waals surface area contributed by atoms with Gasteiger partial charge in [0.15, 0.2) is 6.10 Å². The third kappa shape index (κ3) is 2.87. The summed E-state index contributed by atoms with van der Waals surface area (Å²) in [5, 5.41) is 5.99. The van der Waals surface area contributed by atoms with Gasteiger partial charge < -0.3 is 14.7 Å². The number of nitrogens with zero attached hydrogens (tertiary/aromatic N) is 1. The number of H-pyrrole nitrogens is 2. The second-order valence-corrected chi connectivity index (χ2v) is 5.70. The van der Waals surface area contributed by atoms with Crippen molar-refractivity contribution in [3.63, 3.8) is 0 Å². The molecule has 0 bridgehead atoms. The Kier molecular flexibility index (Phi) is 3.94. The van der Waals surface area contributed by atoms with Crippen molar-refractivity contribution in [2.45, 2.75) is 26.0 Å². The number of halogens is 1. The van der Waals surface area contributed by atoms with Crippen molar-refractivity contribution >= 4 is 17.5 Å². The Labute approximate surface area is 132 Å². The van der Waals surface area contributed by atoms with E-state index in [9.17, 15) is 9.59 Å². The average Bonchev–Trinajstić information content (AvgIpc) is 2.89. The first-order valence-electron chi connectivity index (χ1n) is 7.04. The lowest BCUT2D eigenvalue weighted by molar-refractivity contribution is -0.139. The van der Waals surface area contributed by atoms with Crippen molar-refractivity contribution < 1.29 is 9.53 Å². The fraction of sp³-hybridized carbons (Fsp3) is 0.333. The van der Waals surface area contributed by atoms with Crippen LogP contribution in [0.25, 0.3) is 0 Å². The summed E-state index contributed by atoms with van der Waals surface area (Å²) in [6.07, 6.45) is -0.0542. The van der Waals surface area contributed by atoms with E-state index in [2.05, 4.69) is 10.2 Å². The standard InChI is InChI=1S/C15H16ClN3O3/c1-9(22-11-4-2-10(16)3-5-11)15(21)19-7-6-12-13(8-19)17-18-14(12)20/h2-5,9H,6-8H2,1H3,(H2,17,18,20).